The number of anilines is 2. The molecule has 3 rings (SSSR count). The summed E-state index contributed by atoms with van der Waals surface area (Å²) in [5.41, 5.74) is 0.228. The summed E-state index contributed by atoms with van der Waals surface area (Å²) in [7, 11) is -4.62. The number of nitrogens with one attached hydrogen (secondary N) is 1. The molecule has 0 fully saturated rings. The molecule has 0 saturated heterocycles. The van der Waals surface area contributed by atoms with Gasteiger partial charge in [-0.15, -0.1) is 0 Å². The average Bonchev–Trinajstić information content (AvgIpc) is 2.46. The van der Waals surface area contributed by atoms with Crippen molar-refractivity contribution in [3.8, 4) is 0 Å². The van der Waals surface area contributed by atoms with Crippen molar-refractivity contribution >= 4 is 38.9 Å². The van der Waals surface area contributed by atoms with E-state index in [1.165, 1.54) is 18.2 Å². The minimum Gasteiger partial charge on any atom is -0.323 e. The fraction of sp³-hybridized carbons (Fsp3) is 0.0714. The Labute approximate surface area is 135 Å². The number of rotatable bonds is 2. The number of carbonyl (C=O) groups is 1. The molecule has 0 spiro atoms. The number of benzene rings is 2. The van der Waals surface area contributed by atoms with Crippen LogP contribution in [0.3, 0.4) is 0 Å². The van der Waals surface area contributed by atoms with E-state index in [9.17, 15) is 22.0 Å². The van der Waals surface area contributed by atoms with Gasteiger partial charge in [0.2, 0.25) is 5.91 Å². The number of fused-ring (bicyclic) bond motifs is 1. The molecule has 0 aromatic heterocycles. The van der Waals surface area contributed by atoms with Crippen molar-refractivity contribution in [3.63, 3.8) is 0 Å². The number of halogens is 3. The molecule has 120 valence electrons. The SMILES string of the molecule is O=C1CN(S(=O)(=O)c2c(F)cccc2F)c2cc(Cl)ccc2N1. The van der Waals surface area contributed by atoms with Crippen LogP contribution in [0, 0.1) is 11.6 Å². The minimum atomic E-state index is -4.62. The lowest BCUT2D eigenvalue weighted by molar-refractivity contribution is -0.115. The third-order valence-electron chi connectivity index (χ3n) is 3.26. The van der Waals surface area contributed by atoms with Gasteiger partial charge in [-0.2, -0.15) is 0 Å². The molecule has 23 heavy (non-hydrogen) atoms. The van der Waals surface area contributed by atoms with Crippen molar-refractivity contribution in [3.05, 3.63) is 53.1 Å². The van der Waals surface area contributed by atoms with Crippen molar-refractivity contribution < 1.29 is 22.0 Å². The summed E-state index contributed by atoms with van der Waals surface area (Å²) in [6.45, 7) is -0.608. The lowest BCUT2D eigenvalue weighted by atomic mass is 10.2. The van der Waals surface area contributed by atoms with E-state index in [4.69, 9.17) is 11.6 Å². The molecule has 1 aliphatic rings. The van der Waals surface area contributed by atoms with Crippen LogP contribution in [0.5, 0.6) is 0 Å². The maximum absolute atomic E-state index is 13.9. The number of carbonyl (C=O) groups excluding carboxylic acids is 1. The molecule has 0 bridgehead atoms. The summed E-state index contributed by atoms with van der Waals surface area (Å²) in [6.07, 6.45) is 0. The molecule has 1 aliphatic heterocycles. The Kier molecular flexibility index (Phi) is 3.73. The predicted molar refractivity (Wildman–Crippen MR) is 81.0 cm³/mol. The molecule has 2 aromatic rings. The van der Waals surface area contributed by atoms with Crippen LogP contribution in [0.15, 0.2) is 41.3 Å². The van der Waals surface area contributed by atoms with Gasteiger partial charge < -0.3 is 5.32 Å². The smallest absolute Gasteiger partial charge is 0.270 e. The van der Waals surface area contributed by atoms with Crippen LogP contribution in [-0.4, -0.2) is 20.9 Å². The molecular weight excluding hydrogens is 350 g/mol. The van der Waals surface area contributed by atoms with Gasteiger partial charge in [-0.1, -0.05) is 17.7 Å². The molecule has 1 heterocycles. The lowest BCUT2D eigenvalue weighted by Gasteiger charge is -2.30. The molecule has 0 unspecified atom stereocenters. The number of amides is 1. The predicted octanol–water partition coefficient (Wildman–Crippen LogP) is 2.77. The summed E-state index contributed by atoms with van der Waals surface area (Å²) < 4.78 is 53.7. The molecular formula is C14H9ClF2N2O3S. The molecule has 0 atom stereocenters. The van der Waals surface area contributed by atoms with E-state index in [2.05, 4.69) is 5.32 Å². The first kappa shape index (κ1) is 15.7. The van der Waals surface area contributed by atoms with Crippen LogP contribution in [0.25, 0.3) is 0 Å². The number of hydrogen-bond donors (Lipinski definition) is 1. The summed E-state index contributed by atoms with van der Waals surface area (Å²) in [5.74, 6) is -3.10. The summed E-state index contributed by atoms with van der Waals surface area (Å²) in [6, 6.07) is 6.89. The van der Waals surface area contributed by atoms with Crippen molar-refractivity contribution in [2.45, 2.75) is 4.90 Å². The van der Waals surface area contributed by atoms with E-state index in [1.54, 1.807) is 0 Å². The molecule has 2 aromatic carbocycles. The second kappa shape index (κ2) is 5.47. The van der Waals surface area contributed by atoms with Gasteiger partial charge in [0.15, 0.2) is 4.90 Å². The van der Waals surface area contributed by atoms with Gasteiger partial charge in [-0.05, 0) is 30.3 Å². The molecule has 0 aliphatic carbocycles. The topological polar surface area (TPSA) is 66.5 Å². The van der Waals surface area contributed by atoms with Crippen molar-refractivity contribution in [1.82, 2.24) is 0 Å². The first-order valence-electron chi connectivity index (χ1n) is 6.37. The highest BCUT2D eigenvalue weighted by Crippen LogP contribution is 2.36. The van der Waals surface area contributed by atoms with Crippen molar-refractivity contribution in [2.75, 3.05) is 16.2 Å². The number of sulfonamides is 1. The Balaban J connectivity index is 2.22. The average molecular weight is 359 g/mol. The monoisotopic (exact) mass is 358 g/mol. The quantitative estimate of drug-likeness (QED) is 0.897. The zero-order valence-electron chi connectivity index (χ0n) is 11.4. The summed E-state index contributed by atoms with van der Waals surface area (Å²) in [5, 5.41) is 2.70. The molecule has 9 heteroatoms. The molecule has 5 nitrogen and oxygen atoms in total. The Bertz CT molecular complexity index is 898. The highest BCUT2D eigenvalue weighted by atomic mass is 35.5. The summed E-state index contributed by atoms with van der Waals surface area (Å²) >= 11 is 5.85. The van der Waals surface area contributed by atoms with Gasteiger partial charge in [0.25, 0.3) is 10.0 Å². The van der Waals surface area contributed by atoms with E-state index in [-0.39, 0.29) is 16.4 Å². The summed E-state index contributed by atoms with van der Waals surface area (Å²) in [4.78, 5) is 10.6. The highest BCUT2D eigenvalue weighted by Gasteiger charge is 2.36. The Morgan fingerprint density at radius 1 is 1.13 bits per heavy atom. The van der Waals surface area contributed by atoms with Gasteiger partial charge in [-0.25, -0.2) is 17.2 Å². The van der Waals surface area contributed by atoms with Crippen LogP contribution in [0.2, 0.25) is 5.02 Å². The van der Waals surface area contributed by atoms with Crippen molar-refractivity contribution in [2.24, 2.45) is 0 Å². The first-order valence-corrected chi connectivity index (χ1v) is 8.18. The van der Waals surface area contributed by atoms with Gasteiger partial charge in [0, 0.05) is 5.02 Å². The van der Waals surface area contributed by atoms with E-state index >= 15 is 0 Å². The lowest BCUT2D eigenvalue weighted by Crippen LogP contribution is -2.42. The minimum absolute atomic E-state index is 0.0414. The van der Waals surface area contributed by atoms with E-state index in [0.717, 1.165) is 18.2 Å². The normalized spacial score (nSPS) is 14.4. The van der Waals surface area contributed by atoms with Gasteiger partial charge in [0.05, 0.1) is 11.4 Å². The molecule has 1 amide bonds. The van der Waals surface area contributed by atoms with Crippen LogP contribution in [0.4, 0.5) is 20.2 Å². The maximum Gasteiger partial charge on any atom is 0.270 e. The Hall–Kier alpha value is -2.19. The van der Waals surface area contributed by atoms with Gasteiger partial charge >= 0.3 is 0 Å². The first-order chi connectivity index (χ1) is 10.8. The van der Waals surface area contributed by atoms with Crippen molar-refractivity contribution in [1.29, 1.82) is 0 Å². The standard InChI is InChI=1S/C14H9ClF2N2O3S/c15-8-4-5-11-12(6-8)19(7-13(20)18-11)23(21,22)14-9(16)2-1-3-10(14)17/h1-6H,7H2,(H,18,20). The van der Waals surface area contributed by atoms with E-state index in [0.29, 0.717) is 4.31 Å². The zero-order valence-corrected chi connectivity index (χ0v) is 13.0. The third kappa shape index (κ3) is 2.64. The van der Waals surface area contributed by atoms with Gasteiger partial charge in [-0.3, -0.25) is 9.10 Å². The van der Waals surface area contributed by atoms with E-state index in [1.807, 2.05) is 0 Å². The Morgan fingerprint density at radius 3 is 2.43 bits per heavy atom. The maximum atomic E-state index is 13.9. The van der Waals surface area contributed by atoms with Crippen LogP contribution in [-0.2, 0) is 14.8 Å². The largest absolute Gasteiger partial charge is 0.323 e. The van der Waals surface area contributed by atoms with Crippen LogP contribution in [0.1, 0.15) is 0 Å². The highest BCUT2D eigenvalue weighted by molar-refractivity contribution is 7.93. The number of hydrogen-bond acceptors (Lipinski definition) is 3. The van der Waals surface area contributed by atoms with E-state index < -0.39 is 39.0 Å². The van der Waals surface area contributed by atoms with Crippen LogP contribution >= 0.6 is 11.6 Å². The molecule has 0 radical (unpaired) electrons. The third-order valence-corrected chi connectivity index (χ3v) is 5.30. The Morgan fingerprint density at radius 2 is 1.78 bits per heavy atom. The molecule has 0 saturated carbocycles. The van der Waals surface area contributed by atoms with Gasteiger partial charge in [0.1, 0.15) is 18.2 Å². The second-order valence-corrected chi connectivity index (χ2v) is 7.01. The fourth-order valence-electron chi connectivity index (χ4n) is 2.28. The van der Waals surface area contributed by atoms with Crippen LogP contribution < -0.4 is 9.62 Å². The number of nitrogens with zero attached hydrogens (tertiary/aromatic N) is 1. The second-order valence-electron chi connectivity index (χ2n) is 4.77. The zero-order chi connectivity index (χ0) is 16.8. The molecule has 1 N–H and O–H groups in total. The fourth-order valence-corrected chi connectivity index (χ4v) is 3.99.